The molecule has 1 aliphatic rings. The van der Waals surface area contributed by atoms with Gasteiger partial charge in [0.15, 0.2) is 11.6 Å². The van der Waals surface area contributed by atoms with Crippen LogP contribution in [0.25, 0.3) is 11.1 Å². The zero-order valence-electron chi connectivity index (χ0n) is 31.3. The first kappa shape index (κ1) is 40.4. The zero-order chi connectivity index (χ0) is 37.8. The first-order valence-corrected chi connectivity index (χ1v) is 18.4. The molecule has 1 unspecified atom stereocenters. The van der Waals surface area contributed by atoms with Crippen LogP contribution in [0.4, 0.5) is 8.78 Å². The average molecular weight is 716 g/mol. The lowest BCUT2D eigenvalue weighted by Crippen LogP contribution is -2.56. The highest BCUT2D eigenvalue weighted by molar-refractivity contribution is 5.95. The second kappa shape index (κ2) is 18.9. The molecule has 3 aromatic carbocycles. The van der Waals surface area contributed by atoms with Crippen LogP contribution in [0.5, 0.6) is 0 Å². The van der Waals surface area contributed by atoms with E-state index in [1.165, 1.54) is 29.0 Å². The fourth-order valence-electron chi connectivity index (χ4n) is 6.79. The highest BCUT2D eigenvalue weighted by atomic mass is 19.2. The Morgan fingerprint density at radius 2 is 1.54 bits per heavy atom. The third-order valence-corrected chi connectivity index (χ3v) is 10.8. The Balaban J connectivity index is 1.61. The maximum atomic E-state index is 14.6. The Morgan fingerprint density at radius 3 is 2.15 bits per heavy atom. The Labute approximate surface area is 308 Å². The number of nitrogens with zero attached hydrogens (tertiary/aromatic N) is 3. The summed E-state index contributed by atoms with van der Waals surface area (Å²) in [7, 11) is 5.18. The van der Waals surface area contributed by atoms with E-state index in [1.54, 1.807) is 13.1 Å². The standard InChI is InChI=1S/C42H55F2N5O3/c1-6-42(45,7-2)24-11-16-39(50)48(4)38(28-30-17-20-33(21-18-30)32-13-9-8-10-14-32)41(52)49(5)37(29-31-19-22-35(43)36(44)27-31)40(51)46-25-23-34-15-12-26-47(34)3/h8-11,13-14,16-22,27,34,37-38H,6-7,12,15,23-26,28-29,45H2,1-5H3,(H,46,51)/t34?,37-,38-/m1/s1. The van der Waals surface area contributed by atoms with Gasteiger partial charge in [0.2, 0.25) is 17.7 Å². The molecule has 8 nitrogen and oxygen atoms in total. The number of halogens is 2. The van der Waals surface area contributed by atoms with E-state index in [1.807, 2.05) is 68.4 Å². The van der Waals surface area contributed by atoms with Crippen molar-refractivity contribution in [3.63, 3.8) is 0 Å². The second-order valence-corrected chi connectivity index (χ2v) is 14.2. The summed E-state index contributed by atoms with van der Waals surface area (Å²) in [6, 6.07) is 19.6. The van der Waals surface area contributed by atoms with Crippen molar-refractivity contribution in [1.82, 2.24) is 20.0 Å². The van der Waals surface area contributed by atoms with Gasteiger partial charge in [0.1, 0.15) is 12.1 Å². The van der Waals surface area contributed by atoms with E-state index in [-0.39, 0.29) is 18.7 Å². The van der Waals surface area contributed by atoms with Crippen molar-refractivity contribution in [3.8, 4) is 11.1 Å². The molecule has 1 aliphatic heterocycles. The molecule has 280 valence electrons. The number of amides is 3. The van der Waals surface area contributed by atoms with Crippen molar-refractivity contribution >= 4 is 17.7 Å². The summed E-state index contributed by atoms with van der Waals surface area (Å²) in [5.41, 5.74) is 9.30. The first-order valence-electron chi connectivity index (χ1n) is 18.4. The number of nitrogens with two attached hydrogens (primary N) is 1. The van der Waals surface area contributed by atoms with E-state index in [2.05, 4.69) is 17.3 Å². The molecular weight excluding hydrogens is 660 g/mol. The van der Waals surface area contributed by atoms with Gasteiger partial charge in [-0.2, -0.15) is 0 Å². The van der Waals surface area contributed by atoms with E-state index < -0.39 is 41.1 Å². The number of carbonyl (C=O) groups excluding carboxylic acids is 3. The Morgan fingerprint density at radius 1 is 0.904 bits per heavy atom. The molecular formula is C42H55F2N5O3. The van der Waals surface area contributed by atoms with Crippen LogP contribution in [0.15, 0.2) is 84.9 Å². The number of likely N-dealkylation sites (tertiary alicyclic amines) is 1. The topological polar surface area (TPSA) is 99.0 Å². The SMILES string of the molecule is CCC(N)(CC)CC=CC(=O)N(C)[C@H](Cc1ccc(-c2ccccc2)cc1)C(=O)N(C)[C@H](Cc1ccc(F)c(F)c1)C(=O)NCCC1CCCN1C. The van der Waals surface area contributed by atoms with Crippen LogP contribution in [-0.4, -0.2) is 90.3 Å². The molecule has 0 aliphatic carbocycles. The van der Waals surface area contributed by atoms with E-state index in [0.29, 0.717) is 24.6 Å². The third kappa shape index (κ3) is 10.8. The summed E-state index contributed by atoms with van der Waals surface area (Å²) >= 11 is 0. The molecule has 10 heteroatoms. The minimum atomic E-state index is -1.05. The first-order chi connectivity index (χ1) is 24.9. The van der Waals surface area contributed by atoms with E-state index >= 15 is 0 Å². The van der Waals surface area contributed by atoms with Gasteiger partial charge in [0, 0.05) is 45.1 Å². The summed E-state index contributed by atoms with van der Waals surface area (Å²) < 4.78 is 28.2. The van der Waals surface area contributed by atoms with Crippen molar-refractivity contribution in [1.29, 1.82) is 0 Å². The van der Waals surface area contributed by atoms with Gasteiger partial charge in [-0.1, -0.05) is 80.6 Å². The number of hydrogen-bond acceptors (Lipinski definition) is 5. The minimum absolute atomic E-state index is 0.0444. The van der Waals surface area contributed by atoms with Gasteiger partial charge in [-0.05, 0) is 92.6 Å². The number of hydrogen-bond donors (Lipinski definition) is 2. The quantitative estimate of drug-likeness (QED) is 0.164. The number of nitrogens with one attached hydrogen (secondary N) is 1. The van der Waals surface area contributed by atoms with Crippen molar-refractivity contribution < 1.29 is 23.2 Å². The van der Waals surface area contributed by atoms with Gasteiger partial charge in [-0.15, -0.1) is 0 Å². The number of rotatable bonds is 17. The maximum Gasteiger partial charge on any atom is 0.246 e. The third-order valence-electron chi connectivity index (χ3n) is 10.8. The predicted molar refractivity (Wildman–Crippen MR) is 203 cm³/mol. The zero-order valence-corrected chi connectivity index (χ0v) is 31.3. The maximum absolute atomic E-state index is 14.6. The van der Waals surface area contributed by atoms with Crippen molar-refractivity contribution in [3.05, 3.63) is 108 Å². The van der Waals surface area contributed by atoms with Crippen LogP contribution in [-0.2, 0) is 27.2 Å². The van der Waals surface area contributed by atoms with Crippen molar-refractivity contribution in [2.24, 2.45) is 5.73 Å². The van der Waals surface area contributed by atoms with Gasteiger partial charge >= 0.3 is 0 Å². The summed E-state index contributed by atoms with van der Waals surface area (Å²) in [6.07, 6.45) is 8.27. The van der Waals surface area contributed by atoms with Crippen LogP contribution >= 0.6 is 0 Å². The molecule has 4 rings (SSSR count). The second-order valence-electron chi connectivity index (χ2n) is 14.2. The lowest BCUT2D eigenvalue weighted by Gasteiger charge is -2.34. The fourth-order valence-corrected chi connectivity index (χ4v) is 6.79. The molecule has 0 radical (unpaired) electrons. The highest BCUT2D eigenvalue weighted by Crippen LogP contribution is 2.23. The predicted octanol–water partition coefficient (Wildman–Crippen LogP) is 6.14. The van der Waals surface area contributed by atoms with Crippen LogP contribution in [0.2, 0.25) is 0 Å². The number of likely N-dealkylation sites (N-methyl/N-ethyl adjacent to an activating group) is 2. The van der Waals surface area contributed by atoms with Gasteiger partial charge in [0.25, 0.3) is 0 Å². The Bertz CT molecular complexity index is 1660. The molecule has 1 fully saturated rings. The molecule has 0 spiro atoms. The number of carbonyl (C=O) groups is 3. The minimum Gasteiger partial charge on any atom is -0.354 e. The lowest BCUT2D eigenvalue weighted by molar-refractivity contribution is -0.146. The van der Waals surface area contributed by atoms with Gasteiger partial charge in [-0.25, -0.2) is 8.78 Å². The largest absolute Gasteiger partial charge is 0.354 e. The van der Waals surface area contributed by atoms with E-state index in [0.717, 1.165) is 67.5 Å². The summed E-state index contributed by atoms with van der Waals surface area (Å²) in [5.74, 6) is -3.25. The fraction of sp³-hybridized carbons (Fsp3) is 0.452. The molecule has 3 atom stereocenters. The number of benzene rings is 3. The van der Waals surface area contributed by atoms with Gasteiger partial charge in [0.05, 0.1) is 0 Å². The molecule has 3 amide bonds. The summed E-state index contributed by atoms with van der Waals surface area (Å²) in [4.78, 5) is 47.1. The van der Waals surface area contributed by atoms with E-state index in [4.69, 9.17) is 5.73 Å². The lowest BCUT2D eigenvalue weighted by atomic mass is 9.90. The van der Waals surface area contributed by atoms with Crippen LogP contribution in [0.3, 0.4) is 0 Å². The molecule has 1 saturated heterocycles. The Kier molecular flexibility index (Phi) is 14.7. The molecule has 52 heavy (non-hydrogen) atoms. The van der Waals surface area contributed by atoms with Crippen LogP contribution < -0.4 is 11.1 Å². The van der Waals surface area contributed by atoms with Crippen molar-refractivity contribution in [2.75, 3.05) is 34.2 Å². The molecule has 1 heterocycles. The normalized spacial score (nSPS) is 16.1. The average Bonchev–Trinajstić information content (AvgIpc) is 3.57. The van der Waals surface area contributed by atoms with E-state index in [9.17, 15) is 23.2 Å². The monoisotopic (exact) mass is 715 g/mol. The molecule has 3 aromatic rings. The highest BCUT2D eigenvalue weighted by Gasteiger charge is 2.35. The molecule has 0 saturated carbocycles. The summed E-state index contributed by atoms with van der Waals surface area (Å²) in [6.45, 7) is 5.44. The smallest absolute Gasteiger partial charge is 0.246 e. The van der Waals surface area contributed by atoms with Gasteiger partial charge in [-0.3, -0.25) is 14.4 Å². The summed E-state index contributed by atoms with van der Waals surface area (Å²) in [5, 5.41) is 3.00. The Hall–Kier alpha value is -4.41. The van der Waals surface area contributed by atoms with Crippen LogP contribution in [0, 0.1) is 11.6 Å². The molecule has 0 bridgehead atoms. The van der Waals surface area contributed by atoms with Crippen LogP contribution in [0.1, 0.15) is 63.5 Å². The molecule has 0 aromatic heterocycles. The van der Waals surface area contributed by atoms with Crippen molar-refractivity contribution in [2.45, 2.75) is 88.9 Å². The molecule has 3 N–H and O–H groups in total. The van der Waals surface area contributed by atoms with Gasteiger partial charge < -0.3 is 25.8 Å².